The fourth-order valence-corrected chi connectivity index (χ4v) is 4.44. The van der Waals surface area contributed by atoms with Crippen molar-refractivity contribution in [3.8, 4) is 0 Å². The molecule has 1 aliphatic rings. The summed E-state index contributed by atoms with van der Waals surface area (Å²) < 4.78 is 2.38. The fraction of sp³-hybridized carbons (Fsp3) is 0.429. The summed E-state index contributed by atoms with van der Waals surface area (Å²) >= 11 is 3.40. The van der Waals surface area contributed by atoms with Crippen LogP contribution >= 0.6 is 15.9 Å². The highest BCUT2D eigenvalue weighted by molar-refractivity contribution is 9.10. The molecule has 3 aromatic rings. The van der Waals surface area contributed by atoms with Gasteiger partial charge in [0, 0.05) is 30.7 Å². The lowest BCUT2D eigenvalue weighted by Gasteiger charge is -2.20. The maximum atomic E-state index is 12.8. The van der Waals surface area contributed by atoms with Crippen LogP contribution in [0.3, 0.4) is 0 Å². The summed E-state index contributed by atoms with van der Waals surface area (Å²) in [5.74, 6) is 1.11. The molecule has 0 amide bonds. The van der Waals surface area contributed by atoms with Gasteiger partial charge in [0.15, 0.2) is 0 Å². The van der Waals surface area contributed by atoms with Gasteiger partial charge in [-0.3, -0.25) is 9.36 Å². The first-order valence-electron chi connectivity index (χ1n) is 10.2. The van der Waals surface area contributed by atoms with Crippen LogP contribution in [0.4, 0.5) is 17.5 Å². The van der Waals surface area contributed by atoms with E-state index in [4.69, 9.17) is 0 Å². The molecule has 1 fully saturated rings. The molecule has 4 rings (SSSR count). The van der Waals surface area contributed by atoms with E-state index >= 15 is 0 Å². The van der Waals surface area contributed by atoms with Gasteiger partial charge < -0.3 is 10.2 Å². The van der Waals surface area contributed by atoms with Crippen LogP contribution < -0.4 is 15.8 Å². The van der Waals surface area contributed by atoms with E-state index in [0.29, 0.717) is 21.9 Å². The van der Waals surface area contributed by atoms with Crippen molar-refractivity contribution in [2.45, 2.75) is 45.6 Å². The Balaban J connectivity index is 1.67. The van der Waals surface area contributed by atoms with Crippen molar-refractivity contribution in [2.75, 3.05) is 23.3 Å². The number of fused-ring (bicyclic) bond motifs is 1. The van der Waals surface area contributed by atoms with Crippen molar-refractivity contribution in [3.63, 3.8) is 0 Å². The molecule has 7 nitrogen and oxygen atoms in total. The summed E-state index contributed by atoms with van der Waals surface area (Å²) in [4.78, 5) is 28.6. The predicted octanol–water partition coefficient (Wildman–Crippen LogP) is 4.65. The van der Waals surface area contributed by atoms with Crippen LogP contribution in [0.2, 0.25) is 0 Å². The van der Waals surface area contributed by atoms with Gasteiger partial charge in [0.2, 0.25) is 5.95 Å². The molecule has 0 atom stereocenters. The number of nitrogens with one attached hydrogen (secondary N) is 1. The normalized spacial score (nSPS) is 14.4. The largest absolute Gasteiger partial charge is 0.371 e. The zero-order valence-electron chi connectivity index (χ0n) is 16.7. The monoisotopic (exact) mass is 456 g/mol. The second-order valence-corrected chi connectivity index (χ2v) is 8.13. The third-order valence-electron chi connectivity index (χ3n) is 5.54. The predicted molar refractivity (Wildman–Crippen MR) is 120 cm³/mol. The molecule has 8 heteroatoms. The van der Waals surface area contributed by atoms with Crippen molar-refractivity contribution < 1.29 is 0 Å². The zero-order chi connectivity index (χ0) is 20.4. The molecule has 0 aromatic carbocycles. The molecule has 3 aromatic heterocycles. The zero-order valence-corrected chi connectivity index (χ0v) is 18.3. The van der Waals surface area contributed by atoms with Gasteiger partial charge in [-0.15, -0.1) is 0 Å². The number of pyridine rings is 2. The van der Waals surface area contributed by atoms with E-state index in [-0.39, 0.29) is 11.6 Å². The van der Waals surface area contributed by atoms with Crippen LogP contribution in [0.15, 0.2) is 39.9 Å². The van der Waals surface area contributed by atoms with Gasteiger partial charge in [-0.1, -0.05) is 12.8 Å². The van der Waals surface area contributed by atoms with E-state index in [1.807, 2.05) is 22.9 Å². The minimum absolute atomic E-state index is 0.0317. The molecule has 152 valence electrons. The van der Waals surface area contributed by atoms with Crippen LogP contribution in [0.1, 0.15) is 45.6 Å². The highest BCUT2D eigenvalue weighted by Crippen LogP contribution is 2.31. The third-order valence-corrected chi connectivity index (χ3v) is 6.10. The highest BCUT2D eigenvalue weighted by atomic mass is 79.9. The topological polar surface area (TPSA) is 75.9 Å². The molecule has 1 N–H and O–H groups in total. The maximum absolute atomic E-state index is 12.8. The number of halogens is 1. The lowest BCUT2D eigenvalue weighted by Crippen LogP contribution is -2.25. The van der Waals surface area contributed by atoms with Crippen molar-refractivity contribution in [2.24, 2.45) is 0 Å². The van der Waals surface area contributed by atoms with Crippen molar-refractivity contribution in [1.82, 2.24) is 19.5 Å². The summed E-state index contributed by atoms with van der Waals surface area (Å²) in [5.41, 5.74) is 1.72. The first-order valence-corrected chi connectivity index (χ1v) is 11.0. The fourth-order valence-electron chi connectivity index (χ4n) is 4.00. The van der Waals surface area contributed by atoms with Gasteiger partial charge in [-0.05, 0) is 60.8 Å². The summed E-state index contributed by atoms with van der Waals surface area (Å²) in [5, 5.41) is 4.02. The average Bonchev–Trinajstić information content (AvgIpc) is 3.26. The Labute approximate surface area is 178 Å². The molecule has 0 spiro atoms. The van der Waals surface area contributed by atoms with Crippen LogP contribution in [-0.2, 0) is 0 Å². The minimum atomic E-state index is -0.0317. The maximum Gasteiger partial charge on any atom is 0.266 e. The number of hydrogen-bond acceptors (Lipinski definition) is 6. The molecule has 29 heavy (non-hydrogen) atoms. The first-order chi connectivity index (χ1) is 14.1. The molecule has 1 aliphatic carbocycles. The Bertz CT molecular complexity index is 1060. The number of nitrogens with zero attached hydrogens (tertiary/aromatic N) is 5. The Hall–Kier alpha value is -2.48. The number of aromatic nitrogens is 4. The van der Waals surface area contributed by atoms with Gasteiger partial charge in [0.25, 0.3) is 5.56 Å². The molecule has 3 heterocycles. The van der Waals surface area contributed by atoms with E-state index in [1.54, 1.807) is 12.3 Å². The lowest BCUT2D eigenvalue weighted by atomic mass is 10.2. The van der Waals surface area contributed by atoms with Gasteiger partial charge in [-0.25, -0.2) is 9.97 Å². The van der Waals surface area contributed by atoms with Gasteiger partial charge in [0.1, 0.15) is 11.5 Å². The molecule has 0 unspecified atom stereocenters. The second-order valence-electron chi connectivity index (χ2n) is 7.28. The van der Waals surface area contributed by atoms with Gasteiger partial charge in [-0.2, -0.15) is 4.98 Å². The quantitative estimate of drug-likeness (QED) is 0.581. The Morgan fingerprint density at radius 3 is 2.59 bits per heavy atom. The van der Waals surface area contributed by atoms with Crippen molar-refractivity contribution in [1.29, 1.82) is 0 Å². The lowest BCUT2D eigenvalue weighted by molar-refractivity contribution is 0.514. The van der Waals surface area contributed by atoms with Crippen molar-refractivity contribution >= 4 is 44.4 Å². The smallest absolute Gasteiger partial charge is 0.266 e. The second kappa shape index (κ2) is 8.49. The van der Waals surface area contributed by atoms with E-state index in [2.05, 4.69) is 54.9 Å². The van der Waals surface area contributed by atoms with Gasteiger partial charge in [0.05, 0.1) is 16.4 Å². The Morgan fingerprint density at radius 1 is 1.17 bits per heavy atom. The molecule has 1 saturated carbocycles. The standard InChI is InChI=1S/C21H25BrN6O/c1-3-27(4-2)16-9-10-18(23-13-16)25-21-24-12-14-11-17(22)20(29)28(19(14)26-21)15-7-5-6-8-15/h9-13,15H,3-8H2,1-2H3,(H,23,24,25,26). The van der Waals surface area contributed by atoms with Crippen LogP contribution in [0, 0.1) is 0 Å². The minimum Gasteiger partial charge on any atom is -0.371 e. The van der Waals surface area contributed by atoms with Crippen LogP contribution in [0.5, 0.6) is 0 Å². The van der Waals surface area contributed by atoms with E-state index < -0.39 is 0 Å². The molecule has 0 aliphatic heterocycles. The molecular weight excluding hydrogens is 432 g/mol. The van der Waals surface area contributed by atoms with E-state index in [0.717, 1.165) is 49.8 Å². The summed E-state index contributed by atoms with van der Waals surface area (Å²) in [6.07, 6.45) is 7.90. The Kier molecular flexibility index (Phi) is 5.80. The summed E-state index contributed by atoms with van der Waals surface area (Å²) in [6, 6.07) is 5.95. The number of rotatable bonds is 6. The number of hydrogen-bond donors (Lipinski definition) is 1. The van der Waals surface area contributed by atoms with Crippen LogP contribution in [0.25, 0.3) is 11.0 Å². The third kappa shape index (κ3) is 3.99. The number of anilines is 3. The summed E-state index contributed by atoms with van der Waals surface area (Å²) in [7, 11) is 0. The average molecular weight is 457 g/mol. The first kappa shape index (κ1) is 19.8. The highest BCUT2D eigenvalue weighted by Gasteiger charge is 2.22. The van der Waals surface area contributed by atoms with E-state index in [1.165, 1.54) is 0 Å². The SMILES string of the molecule is CCN(CC)c1ccc(Nc2ncc3cc(Br)c(=O)n(C4CCCC4)c3n2)nc1. The van der Waals surface area contributed by atoms with Gasteiger partial charge >= 0.3 is 0 Å². The summed E-state index contributed by atoms with van der Waals surface area (Å²) in [6.45, 7) is 6.13. The van der Waals surface area contributed by atoms with Crippen molar-refractivity contribution in [3.05, 3.63) is 45.4 Å². The van der Waals surface area contributed by atoms with Crippen LogP contribution in [-0.4, -0.2) is 32.6 Å². The molecule has 0 radical (unpaired) electrons. The molecular formula is C21H25BrN6O. The molecule has 0 saturated heterocycles. The Morgan fingerprint density at radius 2 is 1.93 bits per heavy atom. The van der Waals surface area contributed by atoms with E-state index in [9.17, 15) is 4.79 Å². The molecule has 0 bridgehead atoms.